The van der Waals surface area contributed by atoms with Crippen LogP contribution in [-0.4, -0.2) is 30.1 Å². The minimum Gasteiger partial charge on any atom is -0.311 e. The zero-order chi connectivity index (χ0) is 12.3. The average molecular weight is 252 g/mol. The Balaban J connectivity index is 2.05. The zero-order valence-corrected chi connectivity index (χ0v) is 12.0. The fourth-order valence-corrected chi connectivity index (χ4v) is 3.63. The number of hydrogen-bond acceptors (Lipinski definition) is 3. The van der Waals surface area contributed by atoms with Gasteiger partial charge < -0.3 is 5.32 Å². The molecule has 1 aliphatic rings. The van der Waals surface area contributed by atoms with E-state index in [4.69, 9.17) is 0 Å². The Kier molecular flexibility index (Phi) is 4.60. The van der Waals surface area contributed by atoms with E-state index >= 15 is 0 Å². The highest BCUT2D eigenvalue weighted by molar-refractivity contribution is 7.10. The molecular weight excluding hydrogens is 228 g/mol. The van der Waals surface area contributed by atoms with Crippen molar-refractivity contribution in [2.45, 2.75) is 52.2 Å². The van der Waals surface area contributed by atoms with Crippen molar-refractivity contribution in [2.24, 2.45) is 0 Å². The van der Waals surface area contributed by atoms with Gasteiger partial charge in [0.1, 0.15) is 0 Å². The maximum atomic E-state index is 3.58. The van der Waals surface area contributed by atoms with Crippen molar-refractivity contribution in [2.75, 3.05) is 13.1 Å². The first-order valence-electron chi connectivity index (χ1n) is 6.77. The van der Waals surface area contributed by atoms with Gasteiger partial charge in [-0.1, -0.05) is 13.8 Å². The van der Waals surface area contributed by atoms with Crippen molar-refractivity contribution in [3.05, 3.63) is 21.9 Å². The van der Waals surface area contributed by atoms with Crippen LogP contribution in [0.5, 0.6) is 0 Å². The van der Waals surface area contributed by atoms with Crippen LogP contribution in [0.2, 0.25) is 0 Å². The van der Waals surface area contributed by atoms with Gasteiger partial charge in [-0.05, 0) is 36.8 Å². The predicted molar refractivity (Wildman–Crippen MR) is 75.7 cm³/mol. The van der Waals surface area contributed by atoms with Gasteiger partial charge in [0.15, 0.2) is 0 Å². The van der Waals surface area contributed by atoms with E-state index in [2.05, 4.69) is 42.4 Å². The second kappa shape index (κ2) is 5.98. The molecular formula is C14H24N2S. The average Bonchev–Trinajstić information content (AvgIpc) is 2.77. The molecule has 96 valence electrons. The Morgan fingerprint density at radius 2 is 2.29 bits per heavy atom. The van der Waals surface area contributed by atoms with Gasteiger partial charge in [-0.25, -0.2) is 0 Å². The summed E-state index contributed by atoms with van der Waals surface area (Å²) in [7, 11) is 0. The Morgan fingerprint density at radius 1 is 1.47 bits per heavy atom. The monoisotopic (exact) mass is 252 g/mol. The first-order valence-corrected chi connectivity index (χ1v) is 7.65. The number of nitrogens with one attached hydrogen (secondary N) is 1. The molecule has 1 N–H and O–H groups in total. The first-order chi connectivity index (χ1) is 8.24. The zero-order valence-electron chi connectivity index (χ0n) is 11.2. The van der Waals surface area contributed by atoms with Gasteiger partial charge in [-0.3, -0.25) is 4.90 Å². The van der Waals surface area contributed by atoms with Crippen molar-refractivity contribution in [1.82, 2.24) is 10.2 Å². The van der Waals surface area contributed by atoms with Gasteiger partial charge in [0.25, 0.3) is 0 Å². The Bertz CT molecular complexity index is 348. The van der Waals surface area contributed by atoms with Gasteiger partial charge in [-0.15, -0.1) is 11.3 Å². The lowest BCUT2D eigenvalue weighted by atomic mass is 10.1. The van der Waals surface area contributed by atoms with Gasteiger partial charge in [-0.2, -0.15) is 0 Å². The van der Waals surface area contributed by atoms with Gasteiger partial charge >= 0.3 is 0 Å². The molecule has 1 saturated heterocycles. The van der Waals surface area contributed by atoms with Crippen molar-refractivity contribution in [3.63, 3.8) is 0 Å². The van der Waals surface area contributed by atoms with E-state index in [1.807, 2.05) is 11.3 Å². The lowest BCUT2D eigenvalue weighted by molar-refractivity contribution is 0.125. The molecule has 17 heavy (non-hydrogen) atoms. The van der Waals surface area contributed by atoms with Crippen LogP contribution >= 0.6 is 11.3 Å². The molecule has 0 bridgehead atoms. The number of piperazine rings is 1. The molecule has 2 unspecified atom stereocenters. The van der Waals surface area contributed by atoms with Crippen LogP contribution in [0.3, 0.4) is 0 Å². The van der Waals surface area contributed by atoms with Crippen molar-refractivity contribution in [1.29, 1.82) is 0 Å². The van der Waals surface area contributed by atoms with E-state index in [0.29, 0.717) is 12.1 Å². The first kappa shape index (κ1) is 13.1. The molecule has 0 amide bonds. The largest absolute Gasteiger partial charge is 0.311 e. The molecule has 0 saturated carbocycles. The summed E-state index contributed by atoms with van der Waals surface area (Å²) in [6, 6.07) is 3.62. The van der Waals surface area contributed by atoms with Crippen molar-refractivity contribution < 1.29 is 0 Å². The van der Waals surface area contributed by atoms with E-state index < -0.39 is 0 Å². The second-order valence-electron chi connectivity index (χ2n) is 5.02. The number of rotatable bonds is 4. The third-order valence-corrected chi connectivity index (χ3v) is 4.71. The fourth-order valence-electron chi connectivity index (χ4n) is 2.63. The van der Waals surface area contributed by atoms with Crippen molar-refractivity contribution >= 4 is 11.3 Å². The van der Waals surface area contributed by atoms with E-state index in [-0.39, 0.29) is 0 Å². The van der Waals surface area contributed by atoms with E-state index in [1.54, 1.807) is 4.88 Å². The number of aryl methyl sites for hydroxylation is 1. The lowest BCUT2D eigenvalue weighted by Crippen LogP contribution is -2.54. The summed E-state index contributed by atoms with van der Waals surface area (Å²) in [5.41, 5.74) is 1.54. The number of nitrogens with zero attached hydrogens (tertiary/aromatic N) is 1. The van der Waals surface area contributed by atoms with Crippen LogP contribution in [0.25, 0.3) is 0 Å². The van der Waals surface area contributed by atoms with Crippen LogP contribution in [0.4, 0.5) is 0 Å². The van der Waals surface area contributed by atoms with Crippen LogP contribution < -0.4 is 5.32 Å². The minimum atomic E-state index is 0.628. The van der Waals surface area contributed by atoms with E-state index in [9.17, 15) is 0 Å². The Morgan fingerprint density at radius 3 is 3.00 bits per heavy atom. The predicted octanol–water partition coefficient (Wildman–Crippen LogP) is 2.88. The summed E-state index contributed by atoms with van der Waals surface area (Å²) in [6.45, 7) is 10.3. The highest BCUT2D eigenvalue weighted by Crippen LogP contribution is 2.22. The topological polar surface area (TPSA) is 15.3 Å². The molecule has 1 aromatic heterocycles. The SMILES string of the molecule is CCc1ccsc1CN1CC(C)NCC1CC. The van der Waals surface area contributed by atoms with Gasteiger partial charge in [0, 0.05) is 36.6 Å². The third kappa shape index (κ3) is 3.09. The Hall–Kier alpha value is -0.380. The van der Waals surface area contributed by atoms with Crippen LogP contribution in [-0.2, 0) is 13.0 Å². The molecule has 0 radical (unpaired) electrons. The summed E-state index contributed by atoms with van der Waals surface area (Å²) in [5, 5.41) is 5.82. The summed E-state index contributed by atoms with van der Waals surface area (Å²) in [5.74, 6) is 0. The van der Waals surface area contributed by atoms with Crippen LogP contribution in [0, 0.1) is 0 Å². The molecule has 0 aromatic carbocycles. The minimum absolute atomic E-state index is 0.628. The van der Waals surface area contributed by atoms with Crippen LogP contribution in [0.1, 0.15) is 37.6 Å². The molecule has 0 spiro atoms. The normalized spacial score (nSPS) is 26.3. The summed E-state index contributed by atoms with van der Waals surface area (Å²) >= 11 is 1.92. The fraction of sp³-hybridized carbons (Fsp3) is 0.714. The van der Waals surface area contributed by atoms with E-state index in [0.717, 1.165) is 19.5 Å². The quantitative estimate of drug-likeness (QED) is 0.886. The lowest BCUT2D eigenvalue weighted by Gasteiger charge is -2.39. The molecule has 2 nitrogen and oxygen atoms in total. The molecule has 1 fully saturated rings. The second-order valence-corrected chi connectivity index (χ2v) is 6.02. The Labute approximate surface area is 109 Å². The molecule has 1 aliphatic heterocycles. The van der Waals surface area contributed by atoms with Crippen molar-refractivity contribution in [3.8, 4) is 0 Å². The number of thiophene rings is 1. The van der Waals surface area contributed by atoms with Gasteiger partial charge in [0.2, 0.25) is 0 Å². The summed E-state index contributed by atoms with van der Waals surface area (Å²) < 4.78 is 0. The molecule has 3 heteroatoms. The third-order valence-electron chi connectivity index (χ3n) is 3.76. The smallest absolute Gasteiger partial charge is 0.0334 e. The maximum Gasteiger partial charge on any atom is 0.0334 e. The highest BCUT2D eigenvalue weighted by Gasteiger charge is 2.25. The maximum absolute atomic E-state index is 3.58. The molecule has 2 atom stereocenters. The summed E-state index contributed by atoms with van der Waals surface area (Å²) in [6.07, 6.45) is 2.41. The highest BCUT2D eigenvalue weighted by atomic mass is 32.1. The molecule has 0 aliphatic carbocycles. The summed E-state index contributed by atoms with van der Waals surface area (Å²) in [4.78, 5) is 4.23. The number of hydrogen-bond donors (Lipinski definition) is 1. The standard InChI is InChI=1S/C14H24N2S/c1-4-12-6-7-17-14(12)10-16-9-11(3)15-8-13(16)5-2/h6-7,11,13,15H,4-5,8-10H2,1-3H3. The molecule has 1 aromatic rings. The van der Waals surface area contributed by atoms with E-state index in [1.165, 1.54) is 18.5 Å². The van der Waals surface area contributed by atoms with Crippen LogP contribution in [0.15, 0.2) is 11.4 Å². The van der Waals surface area contributed by atoms with Gasteiger partial charge in [0.05, 0.1) is 0 Å². The molecule has 2 heterocycles. The molecule has 2 rings (SSSR count).